The summed E-state index contributed by atoms with van der Waals surface area (Å²) < 4.78 is 0. The molecule has 0 unspecified atom stereocenters. The van der Waals surface area contributed by atoms with E-state index in [-0.39, 0.29) is 11.4 Å². The van der Waals surface area contributed by atoms with Crippen LogP contribution in [0, 0.1) is 19.3 Å². The summed E-state index contributed by atoms with van der Waals surface area (Å²) in [6, 6.07) is 14.5. The average molecular weight is 360 g/mol. The lowest BCUT2D eigenvalue weighted by Gasteiger charge is -2.13. The molecule has 2 aromatic carbocycles. The minimum absolute atomic E-state index is 0.0260. The first-order valence-electron chi connectivity index (χ1n) is 8.37. The second-order valence-corrected chi connectivity index (χ2v) is 6.36. The van der Waals surface area contributed by atoms with Gasteiger partial charge in [-0.15, -0.1) is 0 Å². The standard InChI is InChI=1S/C21H20N4O2/c1-12-3-8-18(17(9-12)21(26)27)25-16-10-13(2)19(24-11-16)14-4-6-15(7-5-14)20(22)23/h3-11,25H,1-2H3,(H3,22,23)(H,26,27). The highest BCUT2D eigenvalue weighted by atomic mass is 16.4. The van der Waals surface area contributed by atoms with Crippen molar-refractivity contribution in [2.24, 2.45) is 5.73 Å². The Morgan fingerprint density at radius 1 is 1.11 bits per heavy atom. The van der Waals surface area contributed by atoms with Gasteiger partial charge >= 0.3 is 5.97 Å². The quantitative estimate of drug-likeness (QED) is 0.404. The van der Waals surface area contributed by atoms with Gasteiger partial charge in [0.05, 0.1) is 28.8 Å². The number of aromatic nitrogens is 1. The third-order valence-corrected chi connectivity index (χ3v) is 4.23. The van der Waals surface area contributed by atoms with Crippen LogP contribution in [0.1, 0.15) is 27.0 Å². The molecule has 27 heavy (non-hydrogen) atoms. The predicted octanol–water partition coefficient (Wildman–Crippen LogP) is 4.09. The van der Waals surface area contributed by atoms with Crippen molar-refractivity contribution in [3.63, 3.8) is 0 Å². The molecule has 5 N–H and O–H groups in total. The maximum absolute atomic E-state index is 11.5. The van der Waals surface area contributed by atoms with Crippen LogP contribution in [0.25, 0.3) is 11.3 Å². The van der Waals surface area contributed by atoms with Crippen LogP contribution < -0.4 is 11.1 Å². The Morgan fingerprint density at radius 3 is 2.41 bits per heavy atom. The third kappa shape index (κ3) is 3.95. The van der Waals surface area contributed by atoms with Gasteiger partial charge in [-0.25, -0.2) is 4.79 Å². The van der Waals surface area contributed by atoms with Crippen molar-refractivity contribution in [1.29, 1.82) is 5.41 Å². The number of rotatable bonds is 5. The summed E-state index contributed by atoms with van der Waals surface area (Å²) in [7, 11) is 0. The first-order chi connectivity index (χ1) is 12.8. The van der Waals surface area contributed by atoms with E-state index in [1.807, 2.05) is 38.1 Å². The maximum Gasteiger partial charge on any atom is 0.337 e. The highest BCUT2D eigenvalue weighted by Gasteiger charge is 2.12. The van der Waals surface area contributed by atoms with Gasteiger partial charge in [-0.05, 0) is 37.6 Å². The SMILES string of the molecule is Cc1ccc(Nc2cnc(-c3ccc(C(=N)N)cc3)c(C)c2)c(C(=O)O)c1. The summed E-state index contributed by atoms with van der Waals surface area (Å²) in [6.07, 6.45) is 1.67. The van der Waals surface area contributed by atoms with Crippen molar-refractivity contribution in [2.45, 2.75) is 13.8 Å². The summed E-state index contributed by atoms with van der Waals surface area (Å²) in [5.74, 6) is -0.953. The number of anilines is 2. The van der Waals surface area contributed by atoms with Crippen molar-refractivity contribution >= 4 is 23.2 Å². The molecule has 0 aliphatic rings. The number of pyridine rings is 1. The fourth-order valence-corrected chi connectivity index (χ4v) is 2.85. The Morgan fingerprint density at radius 2 is 1.81 bits per heavy atom. The maximum atomic E-state index is 11.5. The van der Waals surface area contributed by atoms with E-state index >= 15 is 0 Å². The van der Waals surface area contributed by atoms with Gasteiger partial charge in [-0.3, -0.25) is 10.4 Å². The lowest BCUT2D eigenvalue weighted by Crippen LogP contribution is -2.10. The zero-order chi connectivity index (χ0) is 19.6. The number of nitrogens with two attached hydrogens (primary N) is 1. The van der Waals surface area contributed by atoms with Crippen molar-refractivity contribution in [1.82, 2.24) is 4.98 Å². The van der Waals surface area contributed by atoms with Gasteiger partial charge in [-0.2, -0.15) is 0 Å². The number of nitrogens with one attached hydrogen (secondary N) is 2. The molecule has 0 amide bonds. The molecule has 0 radical (unpaired) electrons. The molecule has 6 heteroatoms. The van der Waals surface area contributed by atoms with Crippen LogP contribution in [-0.4, -0.2) is 21.9 Å². The first-order valence-corrected chi connectivity index (χ1v) is 8.37. The molecule has 0 aliphatic carbocycles. The van der Waals surface area contributed by atoms with Gasteiger partial charge in [0.1, 0.15) is 5.84 Å². The smallest absolute Gasteiger partial charge is 0.337 e. The molecule has 3 rings (SSSR count). The average Bonchev–Trinajstić information content (AvgIpc) is 2.63. The van der Waals surface area contributed by atoms with E-state index < -0.39 is 5.97 Å². The van der Waals surface area contributed by atoms with Crippen molar-refractivity contribution in [3.05, 3.63) is 77.0 Å². The molecular weight excluding hydrogens is 340 g/mol. The molecule has 0 bridgehead atoms. The fraction of sp³-hybridized carbons (Fsp3) is 0.0952. The van der Waals surface area contributed by atoms with Crippen molar-refractivity contribution < 1.29 is 9.90 Å². The number of carbonyl (C=O) groups is 1. The van der Waals surface area contributed by atoms with Gasteiger partial charge < -0.3 is 16.2 Å². The van der Waals surface area contributed by atoms with Gasteiger partial charge in [-0.1, -0.05) is 35.9 Å². The second kappa shape index (κ2) is 7.29. The normalized spacial score (nSPS) is 10.4. The largest absolute Gasteiger partial charge is 0.478 e. The van der Waals surface area contributed by atoms with Crippen molar-refractivity contribution in [3.8, 4) is 11.3 Å². The molecule has 0 saturated carbocycles. The first kappa shape index (κ1) is 18.1. The van der Waals surface area contributed by atoms with E-state index in [0.717, 1.165) is 22.4 Å². The molecule has 6 nitrogen and oxygen atoms in total. The number of nitrogens with zero attached hydrogens (tertiary/aromatic N) is 1. The van der Waals surface area contributed by atoms with Crippen LogP contribution in [0.3, 0.4) is 0 Å². The summed E-state index contributed by atoms with van der Waals surface area (Å²) in [4.78, 5) is 16.0. The van der Waals surface area contributed by atoms with Gasteiger partial charge in [0.15, 0.2) is 0 Å². The number of nitrogen functional groups attached to an aromatic ring is 1. The number of benzene rings is 2. The molecule has 0 saturated heterocycles. The molecule has 0 fully saturated rings. The second-order valence-electron chi connectivity index (χ2n) is 6.36. The topological polar surface area (TPSA) is 112 Å². The molecule has 3 aromatic rings. The van der Waals surface area contributed by atoms with Gasteiger partial charge in [0.2, 0.25) is 0 Å². The van der Waals surface area contributed by atoms with Crippen LogP contribution >= 0.6 is 0 Å². The summed E-state index contributed by atoms with van der Waals surface area (Å²) in [5.41, 5.74) is 11.2. The van der Waals surface area contributed by atoms with Crippen LogP contribution in [-0.2, 0) is 0 Å². The Bertz CT molecular complexity index is 1030. The molecule has 0 atom stereocenters. The zero-order valence-corrected chi connectivity index (χ0v) is 15.1. The lowest BCUT2D eigenvalue weighted by atomic mass is 10.0. The van der Waals surface area contributed by atoms with E-state index in [1.165, 1.54) is 0 Å². The molecule has 1 aromatic heterocycles. The Kier molecular flexibility index (Phi) is 4.90. The summed E-state index contributed by atoms with van der Waals surface area (Å²) in [6.45, 7) is 3.80. The minimum atomic E-state index is -0.979. The molecule has 0 aliphatic heterocycles. The molecule has 1 heterocycles. The van der Waals surface area contributed by atoms with E-state index in [0.29, 0.717) is 16.9 Å². The zero-order valence-electron chi connectivity index (χ0n) is 15.1. The highest BCUT2D eigenvalue weighted by molar-refractivity contribution is 5.96. The van der Waals surface area contributed by atoms with Gasteiger partial charge in [0, 0.05) is 11.1 Å². The van der Waals surface area contributed by atoms with Crippen LogP contribution in [0.2, 0.25) is 0 Å². The Balaban J connectivity index is 1.89. The van der Waals surface area contributed by atoms with Crippen LogP contribution in [0.5, 0.6) is 0 Å². The summed E-state index contributed by atoms with van der Waals surface area (Å²) in [5, 5.41) is 20.0. The molecular formula is C21H20N4O2. The number of aryl methyl sites for hydroxylation is 2. The number of amidine groups is 1. The number of aromatic carboxylic acids is 1. The molecule has 0 spiro atoms. The Hall–Kier alpha value is -3.67. The molecule has 136 valence electrons. The van der Waals surface area contributed by atoms with Crippen LogP contribution in [0.15, 0.2) is 54.7 Å². The summed E-state index contributed by atoms with van der Waals surface area (Å²) >= 11 is 0. The predicted molar refractivity (Wildman–Crippen MR) is 107 cm³/mol. The lowest BCUT2D eigenvalue weighted by molar-refractivity contribution is 0.0698. The van der Waals surface area contributed by atoms with E-state index in [2.05, 4.69) is 10.3 Å². The number of hydrogen-bond acceptors (Lipinski definition) is 4. The van der Waals surface area contributed by atoms with Crippen LogP contribution in [0.4, 0.5) is 11.4 Å². The number of carboxylic acids is 1. The number of carboxylic acid groups (broad SMARTS) is 1. The Labute approximate surface area is 157 Å². The number of hydrogen-bond donors (Lipinski definition) is 4. The van der Waals surface area contributed by atoms with E-state index in [4.69, 9.17) is 11.1 Å². The van der Waals surface area contributed by atoms with Crippen molar-refractivity contribution in [2.75, 3.05) is 5.32 Å². The highest BCUT2D eigenvalue weighted by Crippen LogP contribution is 2.27. The monoisotopic (exact) mass is 360 g/mol. The minimum Gasteiger partial charge on any atom is -0.478 e. The van der Waals surface area contributed by atoms with Gasteiger partial charge in [0.25, 0.3) is 0 Å². The third-order valence-electron chi connectivity index (χ3n) is 4.23. The van der Waals surface area contributed by atoms with E-state index in [1.54, 1.807) is 30.5 Å². The fourth-order valence-electron chi connectivity index (χ4n) is 2.85. The van der Waals surface area contributed by atoms with E-state index in [9.17, 15) is 9.90 Å².